The molecule has 0 aromatic heterocycles. The van der Waals surface area contributed by atoms with Gasteiger partial charge in [-0.25, -0.2) is 13.2 Å². The summed E-state index contributed by atoms with van der Waals surface area (Å²) in [6, 6.07) is 4.94. The first-order chi connectivity index (χ1) is 10.8. The summed E-state index contributed by atoms with van der Waals surface area (Å²) in [7, 11) is -1.63. The number of ether oxygens (including phenoxy) is 1. The van der Waals surface area contributed by atoms with Crippen molar-refractivity contribution in [3.05, 3.63) is 29.3 Å². The molecule has 0 radical (unpaired) electrons. The molecule has 6 nitrogen and oxygen atoms in total. The van der Waals surface area contributed by atoms with Crippen molar-refractivity contribution in [1.82, 2.24) is 0 Å². The van der Waals surface area contributed by atoms with Crippen LogP contribution in [-0.2, 0) is 19.4 Å². The highest BCUT2D eigenvalue weighted by molar-refractivity contribution is 8.02. The number of hydrogen-bond acceptors (Lipinski definition) is 6. The summed E-state index contributed by atoms with van der Waals surface area (Å²) in [4.78, 5) is 23.6. The van der Waals surface area contributed by atoms with Crippen LogP contribution in [-0.4, -0.2) is 49.9 Å². The molecule has 1 fully saturated rings. The zero-order chi connectivity index (χ0) is 17.0. The van der Waals surface area contributed by atoms with Gasteiger partial charge in [0.2, 0.25) is 5.91 Å². The van der Waals surface area contributed by atoms with Gasteiger partial charge in [0.05, 0.1) is 29.9 Å². The van der Waals surface area contributed by atoms with E-state index < -0.39 is 15.8 Å². The topological polar surface area (TPSA) is 89.5 Å². The van der Waals surface area contributed by atoms with Gasteiger partial charge in [0, 0.05) is 10.9 Å². The molecule has 8 heteroatoms. The zero-order valence-corrected chi connectivity index (χ0v) is 14.6. The largest absolute Gasteiger partial charge is 0.465 e. The van der Waals surface area contributed by atoms with Gasteiger partial charge < -0.3 is 10.1 Å². The van der Waals surface area contributed by atoms with Crippen molar-refractivity contribution in [3.8, 4) is 0 Å². The molecule has 0 unspecified atom stereocenters. The van der Waals surface area contributed by atoms with Crippen molar-refractivity contribution in [1.29, 1.82) is 0 Å². The van der Waals surface area contributed by atoms with E-state index in [-0.39, 0.29) is 28.4 Å². The second-order valence-electron chi connectivity index (χ2n) is 5.41. The van der Waals surface area contributed by atoms with Crippen LogP contribution in [0.25, 0.3) is 0 Å². The third-order valence-corrected chi connectivity index (χ3v) is 6.86. The summed E-state index contributed by atoms with van der Waals surface area (Å²) < 4.78 is 27.4. The molecule has 1 N–H and O–H groups in total. The Hall–Kier alpha value is -1.54. The number of nitrogens with one attached hydrogen (secondary N) is 1. The maximum atomic E-state index is 12.0. The highest BCUT2D eigenvalue weighted by Crippen LogP contribution is 2.25. The Kier molecular flexibility index (Phi) is 5.69. The van der Waals surface area contributed by atoms with Gasteiger partial charge in [-0.2, -0.15) is 0 Å². The SMILES string of the molecule is COC(=O)c1ccc(C)c(NC(=O)CS[C@@H]2CCS(=O)(=O)C2)c1. The van der Waals surface area contributed by atoms with Crippen molar-refractivity contribution in [2.45, 2.75) is 18.6 Å². The van der Waals surface area contributed by atoms with E-state index in [4.69, 9.17) is 0 Å². The van der Waals surface area contributed by atoms with Gasteiger partial charge in [0.15, 0.2) is 9.84 Å². The number of carbonyl (C=O) groups excluding carboxylic acids is 2. The smallest absolute Gasteiger partial charge is 0.337 e. The average molecular weight is 357 g/mol. The minimum atomic E-state index is -2.93. The number of amides is 1. The van der Waals surface area contributed by atoms with E-state index in [2.05, 4.69) is 10.1 Å². The average Bonchev–Trinajstić information content (AvgIpc) is 2.86. The van der Waals surface area contributed by atoms with E-state index >= 15 is 0 Å². The third kappa shape index (κ3) is 4.97. The molecule has 1 amide bonds. The molecule has 1 heterocycles. The van der Waals surface area contributed by atoms with Crippen molar-refractivity contribution >= 4 is 39.2 Å². The van der Waals surface area contributed by atoms with Crippen molar-refractivity contribution < 1.29 is 22.7 Å². The number of hydrogen-bond donors (Lipinski definition) is 1. The van der Waals surface area contributed by atoms with Crippen molar-refractivity contribution in [2.75, 3.05) is 29.7 Å². The van der Waals surface area contributed by atoms with Crippen LogP contribution >= 0.6 is 11.8 Å². The fraction of sp³-hybridized carbons (Fsp3) is 0.467. The predicted molar refractivity (Wildman–Crippen MR) is 90.7 cm³/mol. The number of sulfone groups is 1. The summed E-state index contributed by atoms with van der Waals surface area (Å²) in [6.45, 7) is 1.83. The van der Waals surface area contributed by atoms with E-state index in [1.807, 2.05) is 6.92 Å². The van der Waals surface area contributed by atoms with E-state index in [1.54, 1.807) is 18.2 Å². The quantitative estimate of drug-likeness (QED) is 0.806. The summed E-state index contributed by atoms with van der Waals surface area (Å²) in [5, 5.41) is 2.74. The molecule has 0 bridgehead atoms. The maximum absolute atomic E-state index is 12.0. The van der Waals surface area contributed by atoms with E-state index in [1.165, 1.54) is 18.9 Å². The Morgan fingerprint density at radius 3 is 2.74 bits per heavy atom. The Morgan fingerprint density at radius 2 is 2.13 bits per heavy atom. The number of methoxy groups -OCH3 is 1. The Labute approximate surface area is 139 Å². The van der Waals surface area contributed by atoms with E-state index in [9.17, 15) is 18.0 Å². The van der Waals surface area contributed by atoms with Crippen molar-refractivity contribution in [3.63, 3.8) is 0 Å². The summed E-state index contributed by atoms with van der Waals surface area (Å²) in [6.07, 6.45) is 0.594. The van der Waals surface area contributed by atoms with Gasteiger partial charge in [-0.05, 0) is 31.0 Å². The molecule has 0 spiro atoms. The molecule has 0 aliphatic carbocycles. The number of carbonyl (C=O) groups is 2. The summed E-state index contributed by atoms with van der Waals surface area (Å²) in [5.41, 5.74) is 1.75. The third-order valence-electron chi connectivity index (χ3n) is 3.57. The van der Waals surface area contributed by atoms with Crippen LogP contribution in [0.15, 0.2) is 18.2 Å². The van der Waals surface area contributed by atoms with E-state index in [0.29, 0.717) is 17.7 Å². The molecule has 1 aromatic carbocycles. The number of aryl methyl sites for hydroxylation is 1. The molecule has 126 valence electrons. The van der Waals surface area contributed by atoms with Crippen LogP contribution in [0.4, 0.5) is 5.69 Å². The second kappa shape index (κ2) is 7.35. The molecule has 0 saturated carbocycles. The number of benzene rings is 1. The lowest BCUT2D eigenvalue weighted by Gasteiger charge is -2.11. The first-order valence-corrected chi connectivity index (χ1v) is 9.98. The van der Waals surface area contributed by atoms with Crippen molar-refractivity contribution in [2.24, 2.45) is 0 Å². The van der Waals surface area contributed by atoms with Gasteiger partial charge in [-0.1, -0.05) is 6.07 Å². The van der Waals surface area contributed by atoms with Crippen LogP contribution in [0.5, 0.6) is 0 Å². The summed E-state index contributed by atoms with van der Waals surface area (Å²) in [5.74, 6) is -0.161. The fourth-order valence-electron chi connectivity index (χ4n) is 2.27. The van der Waals surface area contributed by atoms with E-state index in [0.717, 1.165) is 5.56 Å². The highest BCUT2D eigenvalue weighted by atomic mass is 32.2. The monoisotopic (exact) mass is 357 g/mol. The summed E-state index contributed by atoms with van der Waals surface area (Å²) >= 11 is 1.35. The van der Waals surface area contributed by atoms with Crippen LogP contribution in [0.1, 0.15) is 22.3 Å². The number of esters is 1. The first-order valence-electron chi connectivity index (χ1n) is 7.11. The lowest BCUT2D eigenvalue weighted by atomic mass is 10.1. The van der Waals surface area contributed by atoms with Gasteiger partial charge >= 0.3 is 5.97 Å². The lowest BCUT2D eigenvalue weighted by molar-refractivity contribution is -0.113. The lowest BCUT2D eigenvalue weighted by Crippen LogP contribution is -2.18. The number of rotatable bonds is 5. The second-order valence-corrected chi connectivity index (χ2v) is 8.92. The Bertz CT molecular complexity index is 715. The van der Waals surface area contributed by atoms with Crippen LogP contribution in [0.2, 0.25) is 0 Å². The molecule has 23 heavy (non-hydrogen) atoms. The molecule has 1 atom stereocenters. The maximum Gasteiger partial charge on any atom is 0.337 e. The van der Waals surface area contributed by atoms with Crippen LogP contribution in [0, 0.1) is 6.92 Å². The van der Waals surface area contributed by atoms with Gasteiger partial charge in [-0.3, -0.25) is 4.79 Å². The Morgan fingerprint density at radius 1 is 1.39 bits per heavy atom. The van der Waals surface area contributed by atoms with Crippen LogP contribution in [0.3, 0.4) is 0 Å². The minimum absolute atomic E-state index is 0.0201. The van der Waals surface area contributed by atoms with Gasteiger partial charge in [0.1, 0.15) is 0 Å². The predicted octanol–water partition coefficient (Wildman–Crippen LogP) is 1.64. The first kappa shape index (κ1) is 17.8. The van der Waals surface area contributed by atoms with Gasteiger partial charge in [-0.15, -0.1) is 11.8 Å². The Balaban J connectivity index is 1.93. The minimum Gasteiger partial charge on any atom is -0.465 e. The van der Waals surface area contributed by atoms with Gasteiger partial charge in [0.25, 0.3) is 0 Å². The standard InChI is InChI=1S/C15H19NO5S2/c1-10-3-4-11(15(18)21-2)7-13(10)16-14(17)8-22-12-5-6-23(19,20)9-12/h3-4,7,12H,5-6,8-9H2,1-2H3,(H,16,17)/t12-/m1/s1. The zero-order valence-electron chi connectivity index (χ0n) is 13.0. The number of thioether (sulfide) groups is 1. The highest BCUT2D eigenvalue weighted by Gasteiger charge is 2.28. The molecule has 1 saturated heterocycles. The molecule has 2 rings (SSSR count). The molecular formula is C15H19NO5S2. The molecular weight excluding hydrogens is 338 g/mol. The normalized spacial score (nSPS) is 19.3. The molecule has 1 aromatic rings. The molecule has 1 aliphatic rings. The number of anilines is 1. The van der Waals surface area contributed by atoms with Crippen LogP contribution < -0.4 is 5.32 Å². The molecule has 1 aliphatic heterocycles. The fourth-order valence-corrected chi connectivity index (χ4v) is 5.72.